The van der Waals surface area contributed by atoms with Crippen LogP contribution in [0.5, 0.6) is 0 Å². The fourth-order valence-corrected chi connectivity index (χ4v) is 3.76. The van der Waals surface area contributed by atoms with Gasteiger partial charge in [0.05, 0.1) is 9.82 Å². The Balaban J connectivity index is 1.78. The minimum absolute atomic E-state index is 0.0477. The van der Waals surface area contributed by atoms with Gasteiger partial charge in [0.15, 0.2) is 0 Å². The van der Waals surface area contributed by atoms with Crippen molar-refractivity contribution in [2.24, 2.45) is 0 Å². The molecule has 26 heavy (non-hydrogen) atoms. The average Bonchev–Trinajstić information content (AvgIpc) is 2.64. The first-order valence-corrected chi connectivity index (χ1v) is 9.39. The van der Waals surface area contributed by atoms with Crippen molar-refractivity contribution in [1.82, 2.24) is 10.6 Å². The minimum atomic E-state index is -0.433. The number of nitrogens with one attached hydrogen (secondary N) is 2. The molecule has 0 spiro atoms. The second kappa shape index (κ2) is 8.33. The van der Waals surface area contributed by atoms with Crippen LogP contribution in [0.15, 0.2) is 52.3 Å². The zero-order valence-corrected chi connectivity index (χ0v) is 15.3. The molecule has 0 aromatic heterocycles. The topological polar surface area (TPSA) is 84.3 Å². The van der Waals surface area contributed by atoms with Crippen LogP contribution in [0.3, 0.4) is 0 Å². The number of carbonyl (C=O) groups excluding carboxylic acids is 1. The number of nitro benzene ring substituents is 1. The summed E-state index contributed by atoms with van der Waals surface area (Å²) in [6.45, 7) is 3.74. The minimum Gasteiger partial charge on any atom is -0.349 e. The highest BCUT2D eigenvalue weighted by Gasteiger charge is 2.21. The van der Waals surface area contributed by atoms with Gasteiger partial charge in [0.25, 0.3) is 11.6 Å². The van der Waals surface area contributed by atoms with E-state index in [1.54, 1.807) is 12.1 Å². The van der Waals surface area contributed by atoms with Gasteiger partial charge in [-0.05, 0) is 57.1 Å². The number of nitrogens with zero attached hydrogens (tertiary/aromatic N) is 1. The van der Waals surface area contributed by atoms with E-state index < -0.39 is 4.92 Å². The van der Waals surface area contributed by atoms with Crippen LogP contribution in [0.25, 0.3) is 0 Å². The van der Waals surface area contributed by atoms with E-state index in [9.17, 15) is 14.9 Å². The lowest BCUT2D eigenvalue weighted by atomic mass is 10.1. The average molecular weight is 371 g/mol. The lowest BCUT2D eigenvalue weighted by Crippen LogP contribution is -2.42. The molecular weight excluding hydrogens is 350 g/mol. The Morgan fingerprint density at radius 2 is 1.88 bits per heavy atom. The Hall–Kier alpha value is -2.38. The Kier molecular flexibility index (Phi) is 5.90. The molecule has 0 aliphatic carbocycles. The maximum Gasteiger partial charge on any atom is 0.284 e. The number of nitro groups is 1. The maximum atomic E-state index is 12.4. The number of amides is 1. The van der Waals surface area contributed by atoms with Crippen LogP contribution in [-0.2, 0) is 0 Å². The fourth-order valence-electron chi connectivity index (χ4n) is 2.86. The van der Waals surface area contributed by atoms with Crippen LogP contribution in [0, 0.1) is 17.0 Å². The van der Waals surface area contributed by atoms with Crippen molar-refractivity contribution >= 4 is 23.4 Å². The monoisotopic (exact) mass is 371 g/mol. The predicted molar refractivity (Wildman–Crippen MR) is 102 cm³/mol. The molecule has 0 radical (unpaired) electrons. The summed E-state index contributed by atoms with van der Waals surface area (Å²) in [6, 6.07) is 12.6. The highest BCUT2D eigenvalue weighted by Crippen LogP contribution is 2.35. The van der Waals surface area contributed by atoms with Crippen molar-refractivity contribution in [3.8, 4) is 0 Å². The summed E-state index contributed by atoms with van der Waals surface area (Å²) in [5.41, 5.74) is 1.41. The third-order valence-corrected chi connectivity index (χ3v) is 5.41. The van der Waals surface area contributed by atoms with Gasteiger partial charge in [-0.1, -0.05) is 29.5 Å². The smallest absolute Gasteiger partial charge is 0.284 e. The van der Waals surface area contributed by atoms with E-state index in [4.69, 9.17) is 0 Å². The fraction of sp³-hybridized carbons (Fsp3) is 0.316. The molecule has 0 atom stereocenters. The summed E-state index contributed by atoms with van der Waals surface area (Å²) >= 11 is 1.33. The molecule has 2 N–H and O–H groups in total. The number of hydrogen-bond acceptors (Lipinski definition) is 5. The lowest BCUT2D eigenvalue weighted by Gasteiger charge is -2.23. The molecule has 0 unspecified atom stereocenters. The molecule has 0 bridgehead atoms. The number of hydrogen-bond donors (Lipinski definition) is 2. The molecule has 1 aliphatic rings. The van der Waals surface area contributed by atoms with Crippen molar-refractivity contribution < 1.29 is 9.72 Å². The summed E-state index contributed by atoms with van der Waals surface area (Å²) in [6.07, 6.45) is 1.74. The van der Waals surface area contributed by atoms with Crippen molar-refractivity contribution in [1.29, 1.82) is 0 Å². The van der Waals surface area contributed by atoms with E-state index in [-0.39, 0.29) is 17.6 Å². The summed E-state index contributed by atoms with van der Waals surface area (Å²) in [5.74, 6) is -0.258. The molecule has 1 saturated heterocycles. The predicted octanol–water partition coefficient (Wildman–Crippen LogP) is 3.54. The molecule has 1 amide bonds. The first kappa shape index (κ1) is 18.4. The highest BCUT2D eigenvalue weighted by atomic mass is 32.2. The van der Waals surface area contributed by atoms with Gasteiger partial charge in [0.2, 0.25) is 0 Å². The highest BCUT2D eigenvalue weighted by molar-refractivity contribution is 7.99. The SMILES string of the molecule is Cc1ccc(Sc2ccc(C(=O)NC3CCNCC3)cc2[N+](=O)[O-])cc1. The van der Waals surface area contributed by atoms with Crippen LogP contribution in [-0.4, -0.2) is 30.0 Å². The molecule has 2 aromatic rings. The Morgan fingerprint density at radius 3 is 2.54 bits per heavy atom. The summed E-state index contributed by atoms with van der Waals surface area (Å²) in [7, 11) is 0. The number of carbonyl (C=O) groups is 1. The largest absolute Gasteiger partial charge is 0.349 e. The third kappa shape index (κ3) is 4.62. The molecule has 1 aliphatic heterocycles. The molecule has 7 heteroatoms. The number of piperidine rings is 1. The molecule has 1 heterocycles. The molecule has 136 valence electrons. The van der Waals surface area contributed by atoms with E-state index in [0.717, 1.165) is 36.4 Å². The van der Waals surface area contributed by atoms with Crippen molar-refractivity contribution in [2.75, 3.05) is 13.1 Å². The number of rotatable bonds is 5. The quantitative estimate of drug-likeness (QED) is 0.620. The third-order valence-electron chi connectivity index (χ3n) is 4.34. The Morgan fingerprint density at radius 1 is 1.19 bits per heavy atom. The van der Waals surface area contributed by atoms with Gasteiger partial charge in [-0.3, -0.25) is 14.9 Å². The zero-order chi connectivity index (χ0) is 18.5. The standard InChI is InChI=1S/C19H21N3O3S/c1-13-2-5-16(6-3-13)26-18-7-4-14(12-17(18)22(24)25)19(23)21-15-8-10-20-11-9-15/h2-7,12,15,20H,8-11H2,1H3,(H,21,23). The first-order chi connectivity index (χ1) is 12.5. The van der Waals surface area contributed by atoms with Gasteiger partial charge in [-0.15, -0.1) is 0 Å². The van der Waals surface area contributed by atoms with E-state index in [1.165, 1.54) is 17.8 Å². The molecular formula is C19H21N3O3S. The van der Waals surface area contributed by atoms with Crippen LogP contribution in [0.4, 0.5) is 5.69 Å². The van der Waals surface area contributed by atoms with Crippen molar-refractivity contribution in [2.45, 2.75) is 35.6 Å². The summed E-state index contributed by atoms with van der Waals surface area (Å²) in [4.78, 5) is 24.9. The van der Waals surface area contributed by atoms with E-state index in [0.29, 0.717) is 10.5 Å². The molecule has 2 aromatic carbocycles. The van der Waals surface area contributed by atoms with E-state index in [1.807, 2.05) is 31.2 Å². The van der Waals surface area contributed by atoms with Gasteiger partial charge >= 0.3 is 0 Å². The van der Waals surface area contributed by atoms with Crippen molar-refractivity contribution in [3.05, 3.63) is 63.7 Å². The van der Waals surface area contributed by atoms with E-state index in [2.05, 4.69) is 10.6 Å². The second-order valence-electron chi connectivity index (χ2n) is 6.35. The molecule has 0 saturated carbocycles. The molecule has 6 nitrogen and oxygen atoms in total. The zero-order valence-electron chi connectivity index (χ0n) is 14.5. The van der Waals surface area contributed by atoms with Gasteiger partial charge in [0, 0.05) is 22.6 Å². The summed E-state index contributed by atoms with van der Waals surface area (Å²) < 4.78 is 0. The van der Waals surface area contributed by atoms with Crippen molar-refractivity contribution in [3.63, 3.8) is 0 Å². The van der Waals surface area contributed by atoms with Gasteiger partial charge in [0.1, 0.15) is 0 Å². The summed E-state index contributed by atoms with van der Waals surface area (Å²) in [5, 5.41) is 17.7. The Labute approximate surface area is 156 Å². The van der Waals surface area contributed by atoms with Gasteiger partial charge in [-0.2, -0.15) is 0 Å². The van der Waals surface area contributed by atoms with Crippen LogP contribution in [0.1, 0.15) is 28.8 Å². The van der Waals surface area contributed by atoms with Crippen LogP contribution in [0.2, 0.25) is 0 Å². The molecule has 1 fully saturated rings. The Bertz CT molecular complexity index is 802. The van der Waals surface area contributed by atoms with Gasteiger partial charge < -0.3 is 10.6 Å². The second-order valence-corrected chi connectivity index (χ2v) is 7.47. The normalized spacial score (nSPS) is 14.8. The number of aryl methyl sites for hydroxylation is 1. The first-order valence-electron chi connectivity index (χ1n) is 8.57. The number of benzene rings is 2. The van der Waals surface area contributed by atoms with Gasteiger partial charge in [-0.25, -0.2) is 0 Å². The van der Waals surface area contributed by atoms with Crippen LogP contribution >= 0.6 is 11.8 Å². The van der Waals surface area contributed by atoms with E-state index >= 15 is 0 Å². The maximum absolute atomic E-state index is 12.4. The molecule has 3 rings (SSSR count). The lowest BCUT2D eigenvalue weighted by molar-refractivity contribution is -0.387. The van der Waals surface area contributed by atoms with Crippen LogP contribution < -0.4 is 10.6 Å².